The van der Waals surface area contributed by atoms with Gasteiger partial charge in [0.2, 0.25) is 0 Å². The van der Waals surface area contributed by atoms with Gasteiger partial charge in [0, 0.05) is 19.7 Å². The molecular formula is C13H18N2O6. The van der Waals surface area contributed by atoms with Crippen molar-refractivity contribution in [1.29, 1.82) is 0 Å². The van der Waals surface area contributed by atoms with Crippen molar-refractivity contribution >= 4 is 11.6 Å². The van der Waals surface area contributed by atoms with Crippen LogP contribution in [0.5, 0.6) is 5.75 Å². The molecule has 1 atom stereocenters. The number of hydrogen-bond acceptors (Lipinski definition) is 6. The maximum atomic E-state index is 12.1. The molecule has 8 heteroatoms. The Hall–Kier alpha value is -2.19. The van der Waals surface area contributed by atoms with E-state index in [1.54, 1.807) is 0 Å². The quantitative estimate of drug-likeness (QED) is 0.540. The molecule has 0 bridgehead atoms. The van der Waals surface area contributed by atoms with Crippen LogP contribution in [0.3, 0.4) is 0 Å². The predicted octanol–water partition coefficient (Wildman–Crippen LogP) is 0.731. The second-order valence-corrected chi connectivity index (χ2v) is 4.27. The number of nitrogens with zero attached hydrogens (tertiary/aromatic N) is 1. The van der Waals surface area contributed by atoms with Crippen molar-refractivity contribution in [2.24, 2.45) is 0 Å². The molecule has 0 aliphatic rings. The average molecular weight is 298 g/mol. The van der Waals surface area contributed by atoms with Crippen LogP contribution in [0.1, 0.15) is 16.8 Å². The SMILES string of the molecule is COCC(O)CCNC(=O)c1c(OC)cccc1[N+](=O)[O-]. The number of methoxy groups -OCH3 is 2. The highest BCUT2D eigenvalue weighted by Gasteiger charge is 2.24. The van der Waals surface area contributed by atoms with Gasteiger partial charge in [-0.1, -0.05) is 6.07 Å². The zero-order valence-electron chi connectivity index (χ0n) is 11.9. The summed E-state index contributed by atoms with van der Waals surface area (Å²) in [6, 6.07) is 4.15. The monoisotopic (exact) mass is 298 g/mol. The number of aliphatic hydroxyl groups excluding tert-OH is 1. The minimum atomic E-state index is -0.706. The topological polar surface area (TPSA) is 111 Å². The number of carbonyl (C=O) groups is 1. The summed E-state index contributed by atoms with van der Waals surface area (Å²) in [4.78, 5) is 22.4. The van der Waals surface area contributed by atoms with Crippen molar-refractivity contribution in [3.63, 3.8) is 0 Å². The Morgan fingerprint density at radius 1 is 1.48 bits per heavy atom. The van der Waals surface area contributed by atoms with E-state index in [0.717, 1.165) is 0 Å². The lowest BCUT2D eigenvalue weighted by molar-refractivity contribution is -0.385. The zero-order chi connectivity index (χ0) is 15.8. The first kappa shape index (κ1) is 16.9. The molecule has 1 aromatic carbocycles. The molecule has 0 fully saturated rings. The van der Waals surface area contributed by atoms with Crippen LogP contribution < -0.4 is 10.1 Å². The van der Waals surface area contributed by atoms with Gasteiger partial charge in [-0.15, -0.1) is 0 Å². The second kappa shape index (κ2) is 8.18. The highest BCUT2D eigenvalue weighted by atomic mass is 16.6. The second-order valence-electron chi connectivity index (χ2n) is 4.27. The molecule has 1 amide bonds. The van der Waals surface area contributed by atoms with E-state index in [1.807, 2.05) is 0 Å². The van der Waals surface area contributed by atoms with E-state index in [-0.39, 0.29) is 36.6 Å². The Kier molecular flexibility index (Phi) is 6.57. The Balaban J connectivity index is 2.79. The average Bonchev–Trinajstić information content (AvgIpc) is 2.46. The third-order valence-corrected chi connectivity index (χ3v) is 2.77. The number of hydrogen-bond donors (Lipinski definition) is 2. The number of nitro groups is 1. The van der Waals surface area contributed by atoms with E-state index in [1.165, 1.54) is 32.4 Å². The summed E-state index contributed by atoms with van der Waals surface area (Å²) in [5, 5.41) is 23.0. The lowest BCUT2D eigenvalue weighted by Gasteiger charge is -2.12. The first-order valence-electron chi connectivity index (χ1n) is 6.27. The van der Waals surface area contributed by atoms with Gasteiger partial charge in [0.05, 0.1) is 24.7 Å². The van der Waals surface area contributed by atoms with Crippen molar-refractivity contribution in [2.75, 3.05) is 27.4 Å². The van der Waals surface area contributed by atoms with Crippen LogP contribution in [-0.2, 0) is 4.74 Å². The Labute approximate surface area is 121 Å². The van der Waals surface area contributed by atoms with Crippen LogP contribution in [0, 0.1) is 10.1 Å². The molecule has 21 heavy (non-hydrogen) atoms. The Morgan fingerprint density at radius 3 is 2.76 bits per heavy atom. The fraction of sp³-hybridized carbons (Fsp3) is 0.462. The number of nitro benzene ring substituents is 1. The molecule has 0 saturated carbocycles. The fourth-order valence-electron chi connectivity index (χ4n) is 1.79. The maximum Gasteiger partial charge on any atom is 0.285 e. The lowest BCUT2D eigenvalue weighted by Crippen LogP contribution is -2.29. The summed E-state index contributed by atoms with van der Waals surface area (Å²) < 4.78 is 9.75. The summed E-state index contributed by atoms with van der Waals surface area (Å²) in [5.74, 6) is -0.497. The maximum absolute atomic E-state index is 12.1. The molecule has 2 N–H and O–H groups in total. The standard InChI is InChI=1S/C13H18N2O6/c1-20-8-9(16)6-7-14-13(17)12-10(15(18)19)4-3-5-11(12)21-2/h3-5,9,16H,6-8H2,1-2H3,(H,14,17). The minimum Gasteiger partial charge on any atom is -0.496 e. The summed E-state index contributed by atoms with van der Waals surface area (Å²) in [6.07, 6.45) is -0.425. The molecular weight excluding hydrogens is 280 g/mol. The van der Waals surface area contributed by atoms with Gasteiger partial charge in [-0.05, 0) is 12.5 Å². The van der Waals surface area contributed by atoms with E-state index in [4.69, 9.17) is 9.47 Å². The molecule has 0 heterocycles. The number of nitrogens with one attached hydrogen (secondary N) is 1. The van der Waals surface area contributed by atoms with Crippen LogP contribution in [0.2, 0.25) is 0 Å². The number of amides is 1. The van der Waals surface area contributed by atoms with Gasteiger partial charge in [0.25, 0.3) is 11.6 Å². The summed E-state index contributed by atoms with van der Waals surface area (Å²) in [5.41, 5.74) is -0.462. The number of benzene rings is 1. The number of ether oxygens (including phenoxy) is 2. The highest BCUT2D eigenvalue weighted by molar-refractivity contribution is 6.00. The smallest absolute Gasteiger partial charge is 0.285 e. The molecule has 0 aromatic heterocycles. The molecule has 0 radical (unpaired) electrons. The van der Waals surface area contributed by atoms with Crippen LogP contribution in [-0.4, -0.2) is 49.4 Å². The molecule has 1 rings (SSSR count). The first-order chi connectivity index (χ1) is 10.0. The van der Waals surface area contributed by atoms with Gasteiger partial charge in [-0.2, -0.15) is 0 Å². The summed E-state index contributed by atoms with van der Waals surface area (Å²) >= 11 is 0. The zero-order valence-corrected chi connectivity index (χ0v) is 11.9. The third kappa shape index (κ3) is 4.69. The minimum absolute atomic E-state index is 0.124. The van der Waals surface area contributed by atoms with Gasteiger partial charge in [-0.3, -0.25) is 14.9 Å². The lowest BCUT2D eigenvalue weighted by atomic mass is 10.1. The third-order valence-electron chi connectivity index (χ3n) is 2.77. The van der Waals surface area contributed by atoms with Crippen molar-refractivity contribution < 1.29 is 24.3 Å². The first-order valence-corrected chi connectivity index (χ1v) is 6.27. The molecule has 0 saturated heterocycles. The molecule has 8 nitrogen and oxygen atoms in total. The number of aliphatic hydroxyl groups is 1. The van der Waals surface area contributed by atoms with Crippen LogP contribution in [0.4, 0.5) is 5.69 Å². The van der Waals surface area contributed by atoms with Gasteiger partial charge in [0.15, 0.2) is 5.56 Å². The Morgan fingerprint density at radius 2 is 2.19 bits per heavy atom. The normalized spacial score (nSPS) is 11.8. The van der Waals surface area contributed by atoms with Crippen molar-refractivity contribution in [2.45, 2.75) is 12.5 Å². The summed E-state index contributed by atoms with van der Waals surface area (Å²) in [6.45, 7) is 0.323. The molecule has 1 unspecified atom stereocenters. The van der Waals surface area contributed by atoms with Crippen LogP contribution >= 0.6 is 0 Å². The van der Waals surface area contributed by atoms with Gasteiger partial charge >= 0.3 is 0 Å². The van der Waals surface area contributed by atoms with E-state index in [0.29, 0.717) is 0 Å². The predicted molar refractivity (Wildman–Crippen MR) is 74.5 cm³/mol. The highest BCUT2D eigenvalue weighted by Crippen LogP contribution is 2.27. The number of rotatable bonds is 8. The van der Waals surface area contributed by atoms with Crippen molar-refractivity contribution in [1.82, 2.24) is 5.32 Å². The van der Waals surface area contributed by atoms with Gasteiger partial charge < -0.3 is 19.9 Å². The summed E-state index contributed by atoms with van der Waals surface area (Å²) in [7, 11) is 2.79. The van der Waals surface area contributed by atoms with E-state index < -0.39 is 16.9 Å². The van der Waals surface area contributed by atoms with E-state index in [2.05, 4.69) is 5.32 Å². The van der Waals surface area contributed by atoms with Gasteiger partial charge in [-0.25, -0.2) is 0 Å². The Bertz CT molecular complexity index is 505. The van der Waals surface area contributed by atoms with Crippen LogP contribution in [0.25, 0.3) is 0 Å². The van der Waals surface area contributed by atoms with Crippen molar-refractivity contribution in [3.05, 3.63) is 33.9 Å². The number of carbonyl (C=O) groups excluding carboxylic acids is 1. The van der Waals surface area contributed by atoms with E-state index in [9.17, 15) is 20.0 Å². The molecule has 0 spiro atoms. The molecule has 1 aromatic rings. The molecule has 116 valence electrons. The fourth-order valence-corrected chi connectivity index (χ4v) is 1.79. The molecule has 0 aliphatic heterocycles. The van der Waals surface area contributed by atoms with Gasteiger partial charge in [0.1, 0.15) is 5.75 Å². The van der Waals surface area contributed by atoms with Crippen molar-refractivity contribution in [3.8, 4) is 5.75 Å². The largest absolute Gasteiger partial charge is 0.496 e. The van der Waals surface area contributed by atoms with Crippen LogP contribution in [0.15, 0.2) is 18.2 Å². The van der Waals surface area contributed by atoms with E-state index >= 15 is 0 Å². The molecule has 0 aliphatic carbocycles.